The topological polar surface area (TPSA) is 29.1 Å². The van der Waals surface area contributed by atoms with Crippen LogP contribution in [0.3, 0.4) is 0 Å². The highest BCUT2D eigenvalue weighted by Crippen LogP contribution is 2.26. The van der Waals surface area contributed by atoms with Crippen molar-refractivity contribution in [2.24, 2.45) is 0 Å². The first kappa shape index (κ1) is 16.6. The lowest BCUT2D eigenvalue weighted by molar-refractivity contribution is -0.114. The van der Waals surface area contributed by atoms with E-state index in [1.807, 2.05) is 36.4 Å². The van der Waals surface area contributed by atoms with Crippen molar-refractivity contribution >= 4 is 34.8 Å². The predicted octanol–water partition coefficient (Wildman–Crippen LogP) is 5.76. The molecular formula is C20H15Cl2NO. The number of rotatable bonds is 4. The lowest BCUT2D eigenvalue weighted by Gasteiger charge is -2.09. The molecule has 0 aromatic heterocycles. The molecule has 0 saturated heterocycles. The molecule has 0 saturated carbocycles. The highest BCUT2D eigenvalue weighted by molar-refractivity contribution is 6.54. The van der Waals surface area contributed by atoms with E-state index in [1.54, 1.807) is 6.07 Å². The molecule has 0 heterocycles. The van der Waals surface area contributed by atoms with Crippen LogP contribution < -0.4 is 5.32 Å². The fourth-order valence-electron chi connectivity index (χ4n) is 2.46. The number of carbonyl (C=O) groups excluding carboxylic acids is 1. The Balaban J connectivity index is 1.83. The summed E-state index contributed by atoms with van der Waals surface area (Å²) < 4.78 is 0. The number of hydrogen-bond acceptors (Lipinski definition) is 1. The van der Waals surface area contributed by atoms with Gasteiger partial charge >= 0.3 is 0 Å². The van der Waals surface area contributed by atoms with Gasteiger partial charge in [0.15, 0.2) is 4.84 Å². The van der Waals surface area contributed by atoms with Gasteiger partial charge in [0.25, 0.3) is 5.91 Å². The van der Waals surface area contributed by atoms with E-state index < -0.39 is 10.7 Å². The van der Waals surface area contributed by atoms with Crippen LogP contribution in [-0.2, 0) is 4.79 Å². The molecule has 3 aromatic rings. The van der Waals surface area contributed by atoms with Gasteiger partial charge in [0.1, 0.15) is 0 Å². The molecule has 3 aromatic carbocycles. The normalized spacial score (nSPS) is 10.6. The summed E-state index contributed by atoms with van der Waals surface area (Å²) in [4.78, 5) is 10.5. The largest absolute Gasteiger partial charge is 0.324 e. The van der Waals surface area contributed by atoms with Crippen LogP contribution in [0, 0.1) is 0 Å². The maximum absolute atomic E-state index is 11.6. The minimum absolute atomic E-state index is 0.435. The third-order valence-electron chi connectivity index (χ3n) is 3.65. The molecule has 0 unspecified atom stereocenters. The van der Waals surface area contributed by atoms with Gasteiger partial charge in [-0.1, -0.05) is 89.9 Å². The summed E-state index contributed by atoms with van der Waals surface area (Å²) in [6, 6.07) is 26.1. The third kappa shape index (κ3) is 3.97. The Kier molecular flexibility index (Phi) is 5.19. The van der Waals surface area contributed by atoms with Crippen LogP contribution in [0.1, 0.15) is 0 Å². The fourth-order valence-corrected chi connectivity index (χ4v) is 2.57. The van der Waals surface area contributed by atoms with E-state index in [0.717, 1.165) is 16.7 Å². The van der Waals surface area contributed by atoms with Crippen LogP contribution in [0.4, 0.5) is 5.69 Å². The van der Waals surface area contributed by atoms with E-state index in [2.05, 4.69) is 41.7 Å². The van der Waals surface area contributed by atoms with Crippen molar-refractivity contribution in [3.05, 3.63) is 78.9 Å². The van der Waals surface area contributed by atoms with Crippen molar-refractivity contribution in [1.29, 1.82) is 0 Å². The summed E-state index contributed by atoms with van der Waals surface area (Å²) in [6.45, 7) is 0. The standard InChI is InChI=1S/C20H15Cl2NO/c21-19(22)20(24)23-18-8-4-7-17(13-18)16-11-9-15(10-12-16)14-5-2-1-3-6-14/h1-13,19H,(H,23,24). The molecular weight excluding hydrogens is 341 g/mol. The molecule has 24 heavy (non-hydrogen) atoms. The Morgan fingerprint density at radius 1 is 0.708 bits per heavy atom. The van der Waals surface area contributed by atoms with Gasteiger partial charge in [0.2, 0.25) is 0 Å². The molecule has 1 N–H and O–H groups in total. The highest BCUT2D eigenvalue weighted by Gasteiger charge is 2.11. The molecule has 0 radical (unpaired) electrons. The third-order valence-corrected chi connectivity index (χ3v) is 4.05. The van der Waals surface area contributed by atoms with Crippen LogP contribution in [0.5, 0.6) is 0 Å². The van der Waals surface area contributed by atoms with Crippen LogP contribution in [0.2, 0.25) is 0 Å². The second kappa shape index (κ2) is 7.52. The molecule has 1 amide bonds. The maximum atomic E-state index is 11.6. The molecule has 120 valence electrons. The molecule has 0 aliphatic heterocycles. The number of benzene rings is 3. The monoisotopic (exact) mass is 355 g/mol. The number of alkyl halides is 2. The first-order chi connectivity index (χ1) is 11.6. The molecule has 0 spiro atoms. The van der Waals surface area contributed by atoms with Crippen LogP contribution in [-0.4, -0.2) is 10.7 Å². The number of anilines is 1. The quantitative estimate of drug-likeness (QED) is 0.592. The van der Waals surface area contributed by atoms with Gasteiger partial charge < -0.3 is 5.32 Å². The molecule has 4 heteroatoms. The molecule has 0 bridgehead atoms. The van der Waals surface area contributed by atoms with E-state index in [-0.39, 0.29) is 0 Å². The minimum atomic E-state index is -1.08. The van der Waals surface area contributed by atoms with Crippen molar-refractivity contribution in [2.75, 3.05) is 5.32 Å². The number of hydrogen-bond donors (Lipinski definition) is 1. The first-order valence-electron chi connectivity index (χ1n) is 7.48. The summed E-state index contributed by atoms with van der Waals surface area (Å²) in [5, 5.41) is 2.69. The van der Waals surface area contributed by atoms with E-state index in [4.69, 9.17) is 23.2 Å². The van der Waals surface area contributed by atoms with Crippen molar-refractivity contribution in [2.45, 2.75) is 4.84 Å². The fraction of sp³-hybridized carbons (Fsp3) is 0.0500. The molecule has 3 rings (SSSR count). The van der Waals surface area contributed by atoms with Gasteiger partial charge in [0, 0.05) is 5.69 Å². The van der Waals surface area contributed by atoms with Gasteiger partial charge in [-0.05, 0) is 34.4 Å². The highest BCUT2D eigenvalue weighted by atomic mass is 35.5. The summed E-state index contributed by atoms with van der Waals surface area (Å²) >= 11 is 11.1. The predicted molar refractivity (Wildman–Crippen MR) is 101 cm³/mol. The van der Waals surface area contributed by atoms with Gasteiger partial charge in [-0.25, -0.2) is 0 Å². The van der Waals surface area contributed by atoms with Crippen LogP contribution in [0.15, 0.2) is 78.9 Å². The number of nitrogens with one attached hydrogen (secondary N) is 1. The van der Waals surface area contributed by atoms with Gasteiger partial charge in [-0.3, -0.25) is 4.79 Å². The van der Waals surface area contributed by atoms with Crippen molar-refractivity contribution in [1.82, 2.24) is 0 Å². The van der Waals surface area contributed by atoms with Crippen molar-refractivity contribution < 1.29 is 4.79 Å². The van der Waals surface area contributed by atoms with Gasteiger partial charge in [-0.15, -0.1) is 0 Å². The second-order valence-corrected chi connectivity index (χ2v) is 6.41. The Hall–Kier alpha value is -2.29. The average molecular weight is 356 g/mol. The van der Waals surface area contributed by atoms with Crippen molar-refractivity contribution in [3.63, 3.8) is 0 Å². The smallest absolute Gasteiger partial charge is 0.257 e. The molecule has 0 aliphatic rings. The SMILES string of the molecule is O=C(Nc1cccc(-c2ccc(-c3ccccc3)cc2)c1)C(Cl)Cl. The zero-order valence-electron chi connectivity index (χ0n) is 12.7. The average Bonchev–Trinajstić information content (AvgIpc) is 2.63. The maximum Gasteiger partial charge on any atom is 0.257 e. The summed E-state index contributed by atoms with van der Waals surface area (Å²) in [5.41, 5.74) is 5.08. The summed E-state index contributed by atoms with van der Waals surface area (Å²) in [7, 11) is 0. The Labute approximate surface area is 151 Å². The van der Waals surface area contributed by atoms with Gasteiger partial charge in [0.05, 0.1) is 0 Å². The second-order valence-electron chi connectivity index (χ2n) is 5.31. The molecule has 2 nitrogen and oxygen atoms in total. The van der Waals surface area contributed by atoms with E-state index >= 15 is 0 Å². The van der Waals surface area contributed by atoms with E-state index in [1.165, 1.54) is 5.56 Å². The number of carbonyl (C=O) groups is 1. The molecule has 0 atom stereocenters. The lowest BCUT2D eigenvalue weighted by Crippen LogP contribution is -2.18. The Morgan fingerprint density at radius 2 is 1.25 bits per heavy atom. The summed E-state index contributed by atoms with van der Waals surface area (Å²) in [6.07, 6.45) is 0. The molecule has 0 fully saturated rings. The van der Waals surface area contributed by atoms with Crippen LogP contribution in [0.25, 0.3) is 22.3 Å². The molecule has 0 aliphatic carbocycles. The lowest BCUT2D eigenvalue weighted by atomic mass is 10.00. The Bertz CT molecular complexity index is 830. The summed E-state index contributed by atoms with van der Waals surface area (Å²) in [5.74, 6) is -0.435. The van der Waals surface area contributed by atoms with E-state index in [9.17, 15) is 4.79 Å². The van der Waals surface area contributed by atoms with Crippen LogP contribution >= 0.6 is 23.2 Å². The van der Waals surface area contributed by atoms with Crippen molar-refractivity contribution in [3.8, 4) is 22.3 Å². The first-order valence-corrected chi connectivity index (χ1v) is 8.36. The zero-order valence-corrected chi connectivity index (χ0v) is 14.3. The van der Waals surface area contributed by atoms with E-state index in [0.29, 0.717) is 5.69 Å². The zero-order chi connectivity index (χ0) is 16.9. The number of halogens is 2. The Morgan fingerprint density at radius 3 is 1.88 bits per heavy atom. The minimum Gasteiger partial charge on any atom is -0.324 e. The number of amides is 1. The van der Waals surface area contributed by atoms with Gasteiger partial charge in [-0.2, -0.15) is 0 Å².